The van der Waals surface area contributed by atoms with Gasteiger partial charge >= 0.3 is 12.0 Å². The van der Waals surface area contributed by atoms with Crippen molar-refractivity contribution in [2.24, 2.45) is 0 Å². The molecule has 2 amide bonds. The van der Waals surface area contributed by atoms with E-state index in [-0.39, 0.29) is 44.3 Å². The number of aliphatic hydroxyl groups is 1. The van der Waals surface area contributed by atoms with E-state index in [9.17, 15) is 19.1 Å². The third-order valence-electron chi connectivity index (χ3n) is 4.94. The molecule has 3 rings (SSSR count). The first kappa shape index (κ1) is 20.5. The van der Waals surface area contributed by atoms with Gasteiger partial charge in [-0.25, -0.2) is 9.18 Å². The number of aliphatic hydroxyl groups excluding tert-OH is 1. The van der Waals surface area contributed by atoms with E-state index in [2.05, 4.69) is 5.32 Å². The molecule has 0 aromatic heterocycles. The second-order valence-corrected chi connectivity index (χ2v) is 7.01. The second kappa shape index (κ2) is 9.31. The summed E-state index contributed by atoms with van der Waals surface area (Å²) in [4.78, 5) is 25.9. The second-order valence-electron chi connectivity index (χ2n) is 7.01. The van der Waals surface area contributed by atoms with E-state index in [1.807, 2.05) is 0 Å². The number of hydrogen-bond donors (Lipinski definition) is 2. The van der Waals surface area contributed by atoms with Crippen LogP contribution in [0, 0.1) is 5.82 Å². The minimum absolute atomic E-state index is 0.0628. The van der Waals surface area contributed by atoms with Gasteiger partial charge in [-0.3, -0.25) is 4.79 Å². The largest absolute Gasteiger partial charge is 0.469 e. The SMILES string of the molecule is COC(=O)C[C@H]1CC[C@@H]2[C@H](COC[C@@H](O)CN2C(=O)Nc2cccc(F)c2)O1. The van der Waals surface area contributed by atoms with Crippen LogP contribution in [-0.2, 0) is 19.0 Å². The van der Waals surface area contributed by atoms with E-state index in [0.29, 0.717) is 18.5 Å². The Hall–Kier alpha value is -2.23. The number of anilines is 1. The fourth-order valence-corrected chi connectivity index (χ4v) is 3.61. The molecule has 0 spiro atoms. The summed E-state index contributed by atoms with van der Waals surface area (Å²) in [7, 11) is 1.33. The van der Waals surface area contributed by atoms with Crippen molar-refractivity contribution in [3.05, 3.63) is 30.1 Å². The number of methoxy groups -OCH3 is 1. The number of nitrogens with one attached hydrogen (secondary N) is 1. The number of nitrogens with zero attached hydrogens (tertiary/aromatic N) is 1. The van der Waals surface area contributed by atoms with Gasteiger partial charge < -0.3 is 29.5 Å². The number of fused-ring (bicyclic) bond motifs is 1. The molecule has 0 saturated carbocycles. The van der Waals surface area contributed by atoms with Gasteiger partial charge in [0.1, 0.15) is 11.9 Å². The molecule has 2 N–H and O–H groups in total. The summed E-state index contributed by atoms with van der Waals surface area (Å²) in [6.07, 6.45) is -0.302. The fourth-order valence-electron chi connectivity index (χ4n) is 3.61. The number of rotatable bonds is 3. The third-order valence-corrected chi connectivity index (χ3v) is 4.94. The van der Waals surface area contributed by atoms with Crippen LogP contribution in [0.25, 0.3) is 0 Å². The number of esters is 1. The summed E-state index contributed by atoms with van der Waals surface area (Å²) in [6, 6.07) is 4.83. The predicted molar refractivity (Wildman–Crippen MR) is 97.3 cm³/mol. The number of β-amino-alcohol motifs (C(OH)–C–C–N with tert-alkyl or cyclic N) is 1. The molecule has 28 heavy (non-hydrogen) atoms. The van der Waals surface area contributed by atoms with Crippen LogP contribution in [0.4, 0.5) is 14.9 Å². The van der Waals surface area contributed by atoms with Crippen molar-refractivity contribution < 1.29 is 33.3 Å². The van der Waals surface area contributed by atoms with E-state index in [4.69, 9.17) is 14.2 Å². The summed E-state index contributed by atoms with van der Waals surface area (Å²) in [5.41, 5.74) is 0.328. The molecule has 154 valence electrons. The first-order chi connectivity index (χ1) is 13.5. The van der Waals surface area contributed by atoms with Gasteiger partial charge in [0, 0.05) is 5.69 Å². The number of carbonyl (C=O) groups excluding carboxylic acids is 2. The number of hydrogen-bond acceptors (Lipinski definition) is 6. The van der Waals surface area contributed by atoms with Gasteiger partial charge in [-0.2, -0.15) is 0 Å². The average Bonchev–Trinajstić information content (AvgIpc) is 2.65. The minimum atomic E-state index is -0.841. The summed E-state index contributed by atoms with van der Waals surface area (Å²) < 4.78 is 29.6. The van der Waals surface area contributed by atoms with Gasteiger partial charge in [0.25, 0.3) is 0 Å². The summed E-state index contributed by atoms with van der Waals surface area (Å²) >= 11 is 0. The molecule has 2 fully saturated rings. The number of urea groups is 1. The van der Waals surface area contributed by atoms with Gasteiger partial charge in [0.05, 0.1) is 51.5 Å². The van der Waals surface area contributed by atoms with Crippen LogP contribution in [0.2, 0.25) is 0 Å². The zero-order chi connectivity index (χ0) is 20.1. The topological polar surface area (TPSA) is 97.3 Å². The Morgan fingerprint density at radius 1 is 1.36 bits per heavy atom. The molecule has 8 nitrogen and oxygen atoms in total. The van der Waals surface area contributed by atoms with Gasteiger partial charge in [0.2, 0.25) is 0 Å². The number of amides is 2. The minimum Gasteiger partial charge on any atom is -0.469 e. The Bertz CT molecular complexity index is 703. The van der Waals surface area contributed by atoms with Crippen LogP contribution in [0.3, 0.4) is 0 Å². The summed E-state index contributed by atoms with van der Waals surface area (Å²) in [5, 5.41) is 12.8. The zero-order valence-corrected chi connectivity index (χ0v) is 15.7. The van der Waals surface area contributed by atoms with Crippen LogP contribution >= 0.6 is 0 Å². The van der Waals surface area contributed by atoms with E-state index in [0.717, 1.165) is 0 Å². The molecule has 4 atom stereocenters. The summed E-state index contributed by atoms with van der Waals surface area (Å²) in [5.74, 6) is -0.810. The Morgan fingerprint density at radius 3 is 2.93 bits per heavy atom. The normalized spacial score (nSPS) is 27.9. The Morgan fingerprint density at radius 2 is 2.18 bits per heavy atom. The quantitative estimate of drug-likeness (QED) is 0.752. The molecular formula is C19H25FN2O6. The van der Waals surface area contributed by atoms with E-state index >= 15 is 0 Å². The highest BCUT2D eigenvalue weighted by Crippen LogP contribution is 2.28. The monoisotopic (exact) mass is 396 g/mol. The summed E-state index contributed by atoms with van der Waals surface area (Å²) in [6.45, 7) is 0.328. The highest BCUT2D eigenvalue weighted by atomic mass is 19.1. The highest BCUT2D eigenvalue weighted by Gasteiger charge is 2.40. The maximum atomic E-state index is 13.4. The van der Waals surface area contributed by atoms with Crippen molar-refractivity contribution >= 4 is 17.7 Å². The van der Waals surface area contributed by atoms with Crippen molar-refractivity contribution in [3.8, 4) is 0 Å². The Kier molecular flexibility index (Phi) is 6.82. The molecule has 2 aliphatic heterocycles. The third kappa shape index (κ3) is 5.18. The van der Waals surface area contributed by atoms with Crippen LogP contribution in [0.1, 0.15) is 19.3 Å². The maximum Gasteiger partial charge on any atom is 0.322 e. The van der Waals surface area contributed by atoms with Crippen molar-refractivity contribution in [3.63, 3.8) is 0 Å². The van der Waals surface area contributed by atoms with Gasteiger partial charge in [0.15, 0.2) is 0 Å². The lowest BCUT2D eigenvalue weighted by Crippen LogP contribution is -2.58. The van der Waals surface area contributed by atoms with Gasteiger partial charge in [-0.1, -0.05) is 6.07 Å². The highest BCUT2D eigenvalue weighted by molar-refractivity contribution is 5.89. The molecule has 0 aliphatic carbocycles. The first-order valence-corrected chi connectivity index (χ1v) is 9.27. The molecule has 0 unspecified atom stereocenters. The Balaban J connectivity index is 1.72. The molecule has 9 heteroatoms. The van der Waals surface area contributed by atoms with E-state index < -0.39 is 24.1 Å². The maximum absolute atomic E-state index is 13.4. The van der Waals surface area contributed by atoms with Crippen LogP contribution in [0.15, 0.2) is 24.3 Å². The molecular weight excluding hydrogens is 371 g/mol. The lowest BCUT2D eigenvalue weighted by atomic mass is 9.95. The first-order valence-electron chi connectivity index (χ1n) is 9.27. The van der Waals surface area contributed by atoms with Crippen molar-refractivity contribution in [2.75, 3.05) is 32.2 Å². The zero-order valence-electron chi connectivity index (χ0n) is 15.7. The lowest BCUT2D eigenvalue weighted by Gasteiger charge is -2.44. The average molecular weight is 396 g/mol. The van der Waals surface area contributed by atoms with Gasteiger partial charge in [-0.05, 0) is 31.0 Å². The molecule has 0 radical (unpaired) electrons. The molecule has 2 heterocycles. The number of halogens is 1. The molecule has 0 bridgehead atoms. The Labute approximate surface area is 162 Å². The molecule has 2 aliphatic rings. The lowest BCUT2D eigenvalue weighted by molar-refractivity contribution is -0.159. The molecule has 1 aromatic rings. The fraction of sp³-hybridized carbons (Fsp3) is 0.579. The van der Waals surface area contributed by atoms with Crippen LogP contribution in [0.5, 0.6) is 0 Å². The van der Waals surface area contributed by atoms with E-state index in [1.54, 1.807) is 6.07 Å². The standard InChI is InChI=1S/C19H25FN2O6/c1-26-18(24)8-15-5-6-16-17(28-15)11-27-10-14(23)9-22(16)19(25)21-13-4-2-3-12(20)7-13/h2-4,7,14-17,23H,5-6,8-11H2,1H3,(H,21,25)/t14-,15+,16+,17-/m0/s1. The van der Waals surface area contributed by atoms with Crippen molar-refractivity contribution in [1.82, 2.24) is 4.90 Å². The number of ether oxygens (including phenoxy) is 3. The predicted octanol–water partition coefficient (Wildman–Crippen LogP) is 1.53. The van der Waals surface area contributed by atoms with Crippen LogP contribution < -0.4 is 5.32 Å². The smallest absolute Gasteiger partial charge is 0.322 e. The van der Waals surface area contributed by atoms with Gasteiger partial charge in [-0.15, -0.1) is 0 Å². The van der Waals surface area contributed by atoms with Crippen LogP contribution in [-0.4, -0.2) is 73.2 Å². The number of benzene rings is 1. The molecule has 2 saturated heterocycles. The van der Waals surface area contributed by atoms with E-state index in [1.165, 1.54) is 30.2 Å². The number of carbonyl (C=O) groups is 2. The van der Waals surface area contributed by atoms with Crippen molar-refractivity contribution in [1.29, 1.82) is 0 Å². The van der Waals surface area contributed by atoms with Crippen molar-refractivity contribution in [2.45, 2.75) is 43.6 Å². The molecule has 1 aromatic carbocycles.